The Labute approximate surface area is 301 Å². The van der Waals surface area contributed by atoms with E-state index in [1.807, 2.05) is 50.2 Å². The Balaban J connectivity index is 1.63. The molecule has 0 radical (unpaired) electrons. The lowest BCUT2D eigenvalue weighted by molar-refractivity contribution is -0.140. The van der Waals surface area contributed by atoms with E-state index in [1.165, 1.54) is 0 Å². The van der Waals surface area contributed by atoms with E-state index >= 15 is 0 Å². The summed E-state index contributed by atoms with van der Waals surface area (Å²) in [7, 11) is 4.93. The maximum Gasteiger partial charge on any atom is 0.326 e. The van der Waals surface area contributed by atoms with Crippen molar-refractivity contribution in [1.82, 2.24) is 5.32 Å². The lowest BCUT2D eigenvalue weighted by Crippen LogP contribution is -2.37. The highest BCUT2D eigenvalue weighted by atomic mass is 32.2. The molecule has 0 bridgehead atoms. The molecule has 0 saturated carbocycles. The Hall–Kier alpha value is -2.91. The number of ether oxygens (including phenoxy) is 8. The summed E-state index contributed by atoms with van der Waals surface area (Å²) in [6.07, 6.45) is 1.39. The molecular weight excluding hydrogens is 666 g/mol. The highest BCUT2D eigenvalue weighted by Gasteiger charge is 2.25. The fourth-order valence-corrected chi connectivity index (χ4v) is 5.52. The van der Waals surface area contributed by atoms with Gasteiger partial charge in [-0.1, -0.05) is 24.3 Å². The van der Waals surface area contributed by atoms with Gasteiger partial charge in [-0.15, -0.1) is 0 Å². The number of nitrogens with one attached hydrogen (secondary N) is 1. The van der Waals surface area contributed by atoms with Gasteiger partial charge < -0.3 is 48.3 Å². The van der Waals surface area contributed by atoms with E-state index in [0.29, 0.717) is 77.4 Å². The molecule has 0 heterocycles. The highest BCUT2D eigenvalue weighted by molar-refractivity contribution is 7.98. The van der Waals surface area contributed by atoms with Gasteiger partial charge >= 0.3 is 5.97 Å². The molecule has 13 heteroatoms. The topological polar surface area (TPSA) is 140 Å². The Kier molecular flexibility index (Phi) is 20.4. The molecule has 282 valence electrons. The second-order valence-electron chi connectivity index (χ2n) is 12.7. The number of hydrogen-bond donors (Lipinski definition) is 2. The predicted molar refractivity (Wildman–Crippen MR) is 194 cm³/mol. The molecule has 2 aromatic rings. The Bertz CT molecular complexity index is 1230. The summed E-state index contributed by atoms with van der Waals surface area (Å²) in [6.45, 7) is 12.8. The normalized spacial score (nSPS) is 12.5. The van der Waals surface area contributed by atoms with Gasteiger partial charge in [-0.05, 0) is 62.9 Å². The van der Waals surface area contributed by atoms with Crippen LogP contribution in [0.1, 0.15) is 45.2 Å². The van der Waals surface area contributed by atoms with E-state index in [9.17, 15) is 14.7 Å². The van der Waals surface area contributed by atoms with Gasteiger partial charge in [0.2, 0.25) is 6.41 Å². The fourth-order valence-electron chi connectivity index (χ4n) is 4.73. The monoisotopic (exact) mass is 723 g/mol. The molecule has 2 aromatic carbocycles. The Morgan fingerprint density at radius 2 is 1.38 bits per heavy atom. The molecule has 1 amide bonds. The largest absolute Gasteiger partial charge is 0.496 e. The van der Waals surface area contributed by atoms with Gasteiger partial charge in [-0.2, -0.15) is 11.8 Å². The van der Waals surface area contributed by atoms with Crippen molar-refractivity contribution in [3.8, 4) is 22.6 Å². The zero-order chi connectivity index (χ0) is 36.8. The predicted octanol–water partition coefficient (Wildman–Crippen LogP) is 5.02. The molecule has 50 heavy (non-hydrogen) atoms. The van der Waals surface area contributed by atoms with Crippen molar-refractivity contribution in [2.75, 3.05) is 86.5 Å². The number of hydrogen-bond acceptors (Lipinski definition) is 11. The zero-order valence-electron chi connectivity index (χ0n) is 30.7. The Morgan fingerprint density at radius 1 is 0.800 bits per heavy atom. The third-order valence-electron chi connectivity index (χ3n) is 7.64. The van der Waals surface area contributed by atoms with Gasteiger partial charge in [0.1, 0.15) is 17.5 Å². The molecule has 2 rings (SSSR count). The highest BCUT2D eigenvalue weighted by Crippen LogP contribution is 2.40. The van der Waals surface area contributed by atoms with Crippen molar-refractivity contribution >= 4 is 24.1 Å². The van der Waals surface area contributed by atoms with Crippen molar-refractivity contribution in [3.05, 3.63) is 47.5 Å². The van der Waals surface area contributed by atoms with Crippen LogP contribution in [0, 0.1) is 0 Å². The molecule has 2 N–H and O–H groups in total. The molecular formula is C37H57NO11S. The maximum absolute atomic E-state index is 11.4. The smallest absolute Gasteiger partial charge is 0.326 e. The van der Waals surface area contributed by atoms with Crippen LogP contribution in [-0.2, 0) is 50.2 Å². The number of rotatable bonds is 29. The first-order valence-corrected chi connectivity index (χ1v) is 17.9. The van der Waals surface area contributed by atoms with Crippen molar-refractivity contribution in [3.63, 3.8) is 0 Å². The number of carboxylic acids is 1. The fraction of sp³-hybridized carbons (Fsp3) is 0.622. The number of methoxy groups -OCH3 is 3. The van der Waals surface area contributed by atoms with Crippen LogP contribution in [0.5, 0.6) is 11.5 Å². The van der Waals surface area contributed by atoms with Crippen LogP contribution in [0.2, 0.25) is 0 Å². The lowest BCUT2D eigenvalue weighted by Gasteiger charge is -2.32. The summed E-state index contributed by atoms with van der Waals surface area (Å²) >= 11 is 1.75. The van der Waals surface area contributed by atoms with Gasteiger partial charge in [0.15, 0.2) is 0 Å². The van der Waals surface area contributed by atoms with Crippen molar-refractivity contribution in [2.45, 2.75) is 63.5 Å². The van der Waals surface area contributed by atoms with Gasteiger partial charge in [-0.3, -0.25) is 4.79 Å². The van der Waals surface area contributed by atoms with Gasteiger partial charge in [0, 0.05) is 31.6 Å². The first-order chi connectivity index (χ1) is 23.9. The van der Waals surface area contributed by atoms with Crippen LogP contribution in [0.15, 0.2) is 36.4 Å². The summed E-state index contributed by atoms with van der Waals surface area (Å²) in [4.78, 5) is 22.1. The number of carboxylic acid groups (broad SMARTS) is 1. The van der Waals surface area contributed by atoms with Crippen LogP contribution >= 0.6 is 11.8 Å². The maximum atomic E-state index is 11.4. The average molecular weight is 724 g/mol. The molecule has 0 aliphatic rings. The van der Waals surface area contributed by atoms with Crippen LogP contribution < -0.4 is 14.8 Å². The summed E-state index contributed by atoms with van der Waals surface area (Å²) in [6, 6.07) is 10.5. The molecule has 0 aromatic heterocycles. The SMILES string of the molecule is COCCC(C)(C)OCC(C)(C)OCCOCCOCCOCCSCc1cc(OC)c(-c2ccc(CC(NC=O)C(=O)O)cc2)c(OC)c1. The van der Waals surface area contributed by atoms with Gasteiger partial charge in [0.25, 0.3) is 0 Å². The van der Waals surface area contributed by atoms with Crippen LogP contribution in [0.3, 0.4) is 0 Å². The molecule has 1 atom stereocenters. The molecule has 0 aliphatic heterocycles. The molecule has 12 nitrogen and oxygen atoms in total. The molecule has 0 fully saturated rings. The van der Waals surface area contributed by atoms with Crippen LogP contribution in [-0.4, -0.2) is 121 Å². The number of aliphatic carboxylic acids is 1. The van der Waals surface area contributed by atoms with E-state index in [2.05, 4.69) is 19.2 Å². The minimum absolute atomic E-state index is 0.173. The van der Waals surface area contributed by atoms with E-state index < -0.39 is 17.6 Å². The molecule has 0 spiro atoms. The summed E-state index contributed by atoms with van der Waals surface area (Å²) < 4.78 is 45.5. The number of carbonyl (C=O) groups excluding carboxylic acids is 1. The van der Waals surface area contributed by atoms with Crippen molar-refractivity contribution in [2.24, 2.45) is 0 Å². The zero-order valence-corrected chi connectivity index (χ0v) is 31.6. The summed E-state index contributed by atoms with van der Waals surface area (Å²) in [5, 5.41) is 11.6. The van der Waals surface area contributed by atoms with Crippen molar-refractivity contribution < 1.29 is 52.6 Å². The average Bonchev–Trinajstić information content (AvgIpc) is 3.09. The van der Waals surface area contributed by atoms with E-state index in [1.54, 1.807) is 33.1 Å². The van der Waals surface area contributed by atoms with Crippen LogP contribution in [0.4, 0.5) is 0 Å². The summed E-state index contributed by atoms with van der Waals surface area (Å²) in [5.41, 5.74) is 2.84. The Morgan fingerprint density at radius 3 is 1.92 bits per heavy atom. The van der Waals surface area contributed by atoms with E-state index in [-0.39, 0.29) is 12.0 Å². The minimum Gasteiger partial charge on any atom is -0.496 e. The first-order valence-electron chi connectivity index (χ1n) is 16.8. The molecule has 0 aliphatic carbocycles. The quantitative estimate of drug-likeness (QED) is 0.0861. The summed E-state index contributed by atoms with van der Waals surface area (Å²) in [5.74, 6) is 1.84. The van der Waals surface area contributed by atoms with Crippen LogP contribution in [0.25, 0.3) is 11.1 Å². The third-order valence-corrected chi connectivity index (χ3v) is 8.63. The number of benzene rings is 2. The standard InChI is InChI=1S/C37H57NO11S/c1-36(2,12-13-42-5)49-26-37(3,4)48-19-18-46-15-14-45-16-17-47-20-21-50-25-29-23-32(43-6)34(33(24-29)44-7)30-10-8-28(9-11-30)22-31(35(40)41)38-27-39/h8-11,23-24,27,31H,12-22,25-26H2,1-7H3,(H,38,39)(H,40,41). The molecule has 0 saturated heterocycles. The number of amides is 1. The van der Waals surface area contributed by atoms with Crippen molar-refractivity contribution in [1.29, 1.82) is 0 Å². The van der Waals surface area contributed by atoms with Gasteiger partial charge in [0.05, 0.1) is 83.8 Å². The number of carbonyl (C=O) groups is 2. The third kappa shape index (κ3) is 16.9. The minimum atomic E-state index is -1.09. The number of thioether (sulfide) groups is 1. The first kappa shape index (κ1) is 43.3. The second kappa shape index (κ2) is 23.5. The second-order valence-corrected chi connectivity index (χ2v) is 13.8. The lowest BCUT2D eigenvalue weighted by atomic mass is 9.98. The molecule has 1 unspecified atom stereocenters. The van der Waals surface area contributed by atoms with E-state index in [4.69, 9.17) is 37.9 Å². The van der Waals surface area contributed by atoms with E-state index in [0.717, 1.165) is 40.2 Å². The van der Waals surface area contributed by atoms with Gasteiger partial charge in [-0.25, -0.2) is 4.79 Å².